The van der Waals surface area contributed by atoms with Crippen molar-refractivity contribution in [3.05, 3.63) is 29.1 Å². The van der Waals surface area contributed by atoms with E-state index in [1.165, 1.54) is 19.2 Å². The molecule has 0 aliphatic carbocycles. The van der Waals surface area contributed by atoms with Gasteiger partial charge in [0.1, 0.15) is 5.82 Å². The largest absolute Gasteiger partial charge is 0.378 e. The van der Waals surface area contributed by atoms with E-state index < -0.39 is 11.7 Å². The maximum absolute atomic E-state index is 14.5. The third kappa shape index (κ3) is 4.75. The molecule has 0 saturated carbocycles. The molecule has 1 aromatic carbocycles. The number of halogens is 1. The summed E-state index contributed by atoms with van der Waals surface area (Å²) in [5, 5.41) is 2.43. The molecule has 33 heavy (non-hydrogen) atoms. The van der Waals surface area contributed by atoms with Crippen LogP contribution in [0, 0.1) is 5.82 Å². The Hall–Kier alpha value is -2.52. The molecule has 0 spiro atoms. The highest BCUT2D eigenvalue weighted by Crippen LogP contribution is 2.35. The molecule has 0 bridgehead atoms. The Bertz CT molecular complexity index is 937. The molecule has 1 N–H and O–H groups in total. The van der Waals surface area contributed by atoms with E-state index in [9.17, 15) is 18.8 Å². The number of nitrogens with zero attached hydrogens (tertiary/aromatic N) is 3. The van der Waals surface area contributed by atoms with E-state index >= 15 is 0 Å². The number of piperidine rings is 2. The summed E-state index contributed by atoms with van der Waals surface area (Å²) in [6.45, 7) is 5.30. The molecule has 8 nitrogen and oxygen atoms in total. The van der Waals surface area contributed by atoms with E-state index in [2.05, 4.69) is 17.1 Å². The predicted molar refractivity (Wildman–Crippen MR) is 122 cm³/mol. The van der Waals surface area contributed by atoms with Crippen molar-refractivity contribution in [3.63, 3.8) is 0 Å². The lowest BCUT2D eigenvalue weighted by molar-refractivity contribution is -0.137. The van der Waals surface area contributed by atoms with Crippen LogP contribution in [0.5, 0.6) is 0 Å². The monoisotopic (exact) mass is 460 g/mol. The zero-order chi connectivity index (χ0) is 23.8. The number of fused-ring (bicyclic) bond motifs is 1. The smallest absolute Gasteiger partial charge is 0.254 e. The van der Waals surface area contributed by atoms with Crippen LogP contribution in [0.2, 0.25) is 0 Å². The summed E-state index contributed by atoms with van der Waals surface area (Å²) >= 11 is 0. The van der Waals surface area contributed by atoms with Crippen molar-refractivity contribution >= 4 is 23.4 Å². The van der Waals surface area contributed by atoms with E-state index in [0.29, 0.717) is 44.0 Å². The summed E-state index contributed by atoms with van der Waals surface area (Å²) in [6, 6.07) is 2.76. The number of hydrogen-bond acceptors (Lipinski definition) is 5. The Labute approximate surface area is 194 Å². The van der Waals surface area contributed by atoms with Gasteiger partial charge < -0.3 is 19.9 Å². The van der Waals surface area contributed by atoms with Gasteiger partial charge in [-0.05, 0) is 50.3 Å². The fourth-order valence-electron chi connectivity index (χ4n) is 5.13. The number of nitrogens with one attached hydrogen (secondary N) is 1. The molecule has 0 aromatic heterocycles. The molecular weight excluding hydrogens is 427 g/mol. The van der Waals surface area contributed by atoms with Crippen molar-refractivity contribution in [2.45, 2.75) is 50.7 Å². The van der Waals surface area contributed by atoms with Crippen LogP contribution < -0.4 is 10.2 Å². The second-order valence-corrected chi connectivity index (χ2v) is 9.52. The summed E-state index contributed by atoms with van der Waals surface area (Å²) in [4.78, 5) is 43.2. The second-order valence-electron chi connectivity index (χ2n) is 9.52. The van der Waals surface area contributed by atoms with Crippen LogP contribution in [-0.2, 0) is 20.7 Å². The Morgan fingerprint density at radius 1 is 1.18 bits per heavy atom. The van der Waals surface area contributed by atoms with Crippen LogP contribution >= 0.6 is 0 Å². The number of ether oxygens (including phenoxy) is 1. The lowest BCUT2D eigenvalue weighted by atomic mass is 9.93. The maximum atomic E-state index is 14.5. The summed E-state index contributed by atoms with van der Waals surface area (Å²) in [7, 11) is 3.17. The highest BCUT2D eigenvalue weighted by Gasteiger charge is 2.37. The topological polar surface area (TPSA) is 82.2 Å². The number of benzene rings is 1. The van der Waals surface area contributed by atoms with Crippen LogP contribution in [-0.4, -0.2) is 86.0 Å². The van der Waals surface area contributed by atoms with Crippen molar-refractivity contribution in [1.29, 1.82) is 0 Å². The molecule has 4 rings (SSSR count). The number of rotatable bonds is 5. The Morgan fingerprint density at radius 2 is 1.85 bits per heavy atom. The van der Waals surface area contributed by atoms with Crippen molar-refractivity contribution in [1.82, 2.24) is 15.1 Å². The molecular formula is C24H33FN4O4. The van der Waals surface area contributed by atoms with Crippen molar-refractivity contribution in [3.8, 4) is 0 Å². The van der Waals surface area contributed by atoms with Crippen molar-refractivity contribution in [2.24, 2.45) is 0 Å². The Morgan fingerprint density at radius 3 is 2.45 bits per heavy atom. The van der Waals surface area contributed by atoms with Gasteiger partial charge in [-0.2, -0.15) is 0 Å². The zero-order valence-electron chi connectivity index (χ0n) is 19.7. The van der Waals surface area contributed by atoms with Crippen LogP contribution in [0.3, 0.4) is 0 Å². The fraction of sp³-hybridized carbons (Fsp3) is 0.625. The molecule has 3 aliphatic heterocycles. The predicted octanol–water partition coefficient (Wildman–Crippen LogP) is 1.57. The Balaban J connectivity index is 1.34. The van der Waals surface area contributed by atoms with Gasteiger partial charge in [0.2, 0.25) is 11.8 Å². The molecule has 1 aromatic rings. The molecule has 0 radical (unpaired) electrons. The first kappa shape index (κ1) is 23.6. The summed E-state index contributed by atoms with van der Waals surface area (Å²) < 4.78 is 20.1. The minimum atomic E-state index is -0.623. The number of carbonyl (C=O) groups excluding carboxylic acids is 3. The first-order valence-corrected chi connectivity index (χ1v) is 11.7. The van der Waals surface area contributed by atoms with Crippen LogP contribution in [0.15, 0.2) is 12.1 Å². The average molecular weight is 461 g/mol. The average Bonchev–Trinajstić information content (AvgIpc) is 3.13. The number of likely N-dealkylation sites (tertiary alicyclic amines) is 2. The normalized spacial score (nSPS) is 21.3. The van der Waals surface area contributed by atoms with Gasteiger partial charge in [0, 0.05) is 46.4 Å². The summed E-state index contributed by atoms with van der Waals surface area (Å²) in [6.07, 6.45) is 3.30. The third-order valence-corrected chi connectivity index (χ3v) is 7.46. The van der Waals surface area contributed by atoms with Gasteiger partial charge in [0.15, 0.2) is 0 Å². The molecule has 0 atom stereocenters. The lowest BCUT2D eigenvalue weighted by Crippen LogP contribution is -2.51. The van der Waals surface area contributed by atoms with E-state index in [1.807, 2.05) is 4.90 Å². The van der Waals surface area contributed by atoms with Gasteiger partial charge in [0.25, 0.3) is 5.91 Å². The van der Waals surface area contributed by atoms with E-state index in [-0.39, 0.29) is 35.4 Å². The number of hydrogen-bond donors (Lipinski definition) is 1. The molecule has 180 valence electrons. The fourth-order valence-corrected chi connectivity index (χ4v) is 5.13. The minimum Gasteiger partial charge on any atom is -0.378 e. The number of carbonyl (C=O) groups is 3. The van der Waals surface area contributed by atoms with Crippen LogP contribution in [0.1, 0.15) is 48.5 Å². The summed E-state index contributed by atoms with van der Waals surface area (Å²) in [5.74, 6) is -1.05. The number of methoxy groups -OCH3 is 1. The molecule has 2 fully saturated rings. The quantitative estimate of drug-likeness (QED) is 0.721. The van der Waals surface area contributed by atoms with Crippen LogP contribution in [0.25, 0.3) is 0 Å². The van der Waals surface area contributed by atoms with Crippen molar-refractivity contribution in [2.75, 3.05) is 51.8 Å². The SMILES string of the molecule is CNC(=O)c1cc2c(cc1F)N(C1CCN(CC(=O)N3CCC(C)(OC)CC3)CC1)C(=O)C2. The van der Waals surface area contributed by atoms with E-state index in [1.54, 1.807) is 12.0 Å². The van der Waals surface area contributed by atoms with Gasteiger partial charge in [-0.25, -0.2) is 4.39 Å². The van der Waals surface area contributed by atoms with E-state index in [4.69, 9.17) is 4.74 Å². The first-order valence-electron chi connectivity index (χ1n) is 11.7. The molecule has 0 unspecified atom stereocenters. The second kappa shape index (κ2) is 9.38. The molecule has 9 heteroatoms. The molecule has 3 aliphatic rings. The third-order valence-electron chi connectivity index (χ3n) is 7.46. The van der Waals surface area contributed by atoms with Gasteiger partial charge in [-0.15, -0.1) is 0 Å². The first-order chi connectivity index (χ1) is 15.7. The van der Waals surface area contributed by atoms with E-state index in [0.717, 1.165) is 25.7 Å². The molecule has 3 heterocycles. The van der Waals surface area contributed by atoms with Crippen LogP contribution in [0.4, 0.5) is 10.1 Å². The van der Waals surface area contributed by atoms with Crippen molar-refractivity contribution < 1.29 is 23.5 Å². The van der Waals surface area contributed by atoms with Gasteiger partial charge in [-0.3, -0.25) is 19.3 Å². The van der Waals surface area contributed by atoms with Gasteiger partial charge in [-0.1, -0.05) is 0 Å². The summed E-state index contributed by atoms with van der Waals surface area (Å²) in [5.41, 5.74) is 1.07. The highest BCUT2D eigenvalue weighted by molar-refractivity contribution is 6.04. The Kier molecular flexibility index (Phi) is 6.72. The minimum absolute atomic E-state index is 0.0345. The van der Waals surface area contributed by atoms with Gasteiger partial charge >= 0.3 is 0 Å². The molecule has 2 saturated heterocycles. The molecule has 3 amide bonds. The standard InChI is InChI=1S/C24H33FN4O4/c1-24(33-3)6-10-28(11-7-24)22(31)15-27-8-4-17(5-9-27)29-20-14-19(25)18(23(32)26-2)12-16(20)13-21(29)30/h12,14,17H,4-11,13,15H2,1-3H3,(H,26,32). The highest BCUT2D eigenvalue weighted by atomic mass is 19.1. The lowest BCUT2D eigenvalue weighted by Gasteiger charge is -2.40. The maximum Gasteiger partial charge on any atom is 0.254 e. The van der Waals surface area contributed by atoms with Gasteiger partial charge in [0.05, 0.1) is 29.8 Å². The zero-order valence-corrected chi connectivity index (χ0v) is 19.7. The number of anilines is 1. The number of amides is 3.